The van der Waals surface area contributed by atoms with Crippen LogP contribution in [0.15, 0.2) is 18.2 Å². The molecule has 0 N–H and O–H groups in total. The quantitative estimate of drug-likeness (QED) is 0.821. The highest BCUT2D eigenvalue weighted by Crippen LogP contribution is 2.28. The summed E-state index contributed by atoms with van der Waals surface area (Å²) in [6.07, 6.45) is 1.38. The Labute approximate surface area is 145 Å². The summed E-state index contributed by atoms with van der Waals surface area (Å²) in [5, 5.41) is 0. The summed E-state index contributed by atoms with van der Waals surface area (Å²) in [5.41, 5.74) is 2.30. The predicted molar refractivity (Wildman–Crippen MR) is 95.7 cm³/mol. The number of anilines is 1. The predicted octanol–water partition coefficient (Wildman–Crippen LogP) is 1.96. The van der Waals surface area contributed by atoms with Crippen molar-refractivity contribution in [2.45, 2.75) is 26.7 Å². The Morgan fingerprint density at radius 1 is 1.29 bits per heavy atom. The van der Waals surface area contributed by atoms with Crippen molar-refractivity contribution in [2.75, 3.05) is 36.0 Å². The van der Waals surface area contributed by atoms with Crippen LogP contribution >= 0.6 is 0 Å². The average Bonchev–Trinajstić information content (AvgIpc) is 2.88. The molecule has 5 nitrogen and oxygen atoms in total. The van der Waals surface area contributed by atoms with Gasteiger partial charge in [0.05, 0.1) is 11.3 Å². The molecule has 2 fully saturated rings. The average molecular weight is 348 g/mol. The summed E-state index contributed by atoms with van der Waals surface area (Å²) >= 11 is 0. The van der Waals surface area contributed by atoms with E-state index in [4.69, 9.17) is 0 Å². The van der Waals surface area contributed by atoms with E-state index in [0.29, 0.717) is 48.8 Å². The highest BCUT2D eigenvalue weighted by molar-refractivity contribution is 7.85. The van der Waals surface area contributed by atoms with Gasteiger partial charge in [-0.25, -0.2) is 0 Å². The van der Waals surface area contributed by atoms with E-state index in [1.165, 1.54) is 0 Å². The number of nitrogens with zero attached hydrogens (tertiary/aromatic N) is 2. The van der Waals surface area contributed by atoms with Gasteiger partial charge in [-0.2, -0.15) is 0 Å². The van der Waals surface area contributed by atoms with Gasteiger partial charge >= 0.3 is 0 Å². The van der Waals surface area contributed by atoms with E-state index in [9.17, 15) is 13.8 Å². The first kappa shape index (κ1) is 17.1. The van der Waals surface area contributed by atoms with E-state index in [1.54, 1.807) is 9.80 Å². The Morgan fingerprint density at radius 3 is 2.79 bits per heavy atom. The van der Waals surface area contributed by atoms with Crippen LogP contribution < -0.4 is 4.90 Å². The molecule has 2 aliphatic heterocycles. The molecular formula is C18H24N2O3S. The van der Waals surface area contributed by atoms with Crippen LogP contribution in [0.4, 0.5) is 5.69 Å². The molecule has 2 aliphatic rings. The van der Waals surface area contributed by atoms with Gasteiger partial charge in [-0.3, -0.25) is 13.8 Å². The molecule has 1 aromatic carbocycles. The summed E-state index contributed by atoms with van der Waals surface area (Å²) in [6, 6.07) is 5.69. The maximum atomic E-state index is 13.1. The summed E-state index contributed by atoms with van der Waals surface area (Å²) in [4.78, 5) is 28.8. The molecule has 0 unspecified atom stereocenters. The molecule has 0 aliphatic carbocycles. The summed E-state index contributed by atoms with van der Waals surface area (Å²) in [5.74, 6) is 1.42. The van der Waals surface area contributed by atoms with E-state index in [0.717, 1.165) is 12.0 Å². The van der Waals surface area contributed by atoms with E-state index in [1.807, 2.05) is 32.0 Å². The molecule has 2 saturated heterocycles. The molecule has 0 bridgehead atoms. The Hall–Kier alpha value is -1.69. The van der Waals surface area contributed by atoms with Crippen LogP contribution in [0.3, 0.4) is 0 Å². The van der Waals surface area contributed by atoms with Crippen LogP contribution in [0.1, 0.15) is 35.7 Å². The number of rotatable bonds is 2. The van der Waals surface area contributed by atoms with Crippen molar-refractivity contribution in [1.29, 1.82) is 0 Å². The lowest BCUT2D eigenvalue weighted by Gasteiger charge is -2.26. The van der Waals surface area contributed by atoms with Gasteiger partial charge in [0, 0.05) is 48.4 Å². The van der Waals surface area contributed by atoms with E-state index in [-0.39, 0.29) is 17.7 Å². The van der Waals surface area contributed by atoms with Crippen LogP contribution in [-0.4, -0.2) is 52.1 Å². The minimum absolute atomic E-state index is 0.0563. The van der Waals surface area contributed by atoms with Crippen molar-refractivity contribution in [3.63, 3.8) is 0 Å². The molecule has 0 aromatic heterocycles. The highest BCUT2D eigenvalue weighted by atomic mass is 32.2. The molecule has 0 saturated carbocycles. The Balaban J connectivity index is 1.92. The van der Waals surface area contributed by atoms with Crippen molar-refractivity contribution < 1.29 is 13.8 Å². The molecule has 24 heavy (non-hydrogen) atoms. The largest absolute Gasteiger partial charge is 0.337 e. The standard InChI is InChI=1S/C18H24N2O3S/c1-13-5-6-16(20-7-3-4-17(20)21)15(10-13)18(22)19-8-9-24(23)12-14(2)11-19/h5-6,10,14H,3-4,7-9,11-12H2,1-2H3/t14-,24+/m1/s1. The number of aryl methyl sites for hydroxylation is 1. The number of hydrogen-bond acceptors (Lipinski definition) is 3. The molecular weight excluding hydrogens is 324 g/mol. The minimum atomic E-state index is -0.857. The third-order valence-electron chi connectivity index (χ3n) is 4.63. The zero-order valence-electron chi connectivity index (χ0n) is 14.3. The van der Waals surface area contributed by atoms with Gasteiger partial charge in [0.15, 0.2) is 0 Å². The zero-order valence-corrected chi connectivity index (χ0v) is 15.1. The number of carbonyl (C=O) groups excluding carboxylic acids is 2. The number of hydrogen-bond donors (Lipinski definition) is 0. The first-order valence-electron chi connectivity index (χ1n) is 8.51. The Kier molecular flexibility index (Phi) is 5.04. The maximum Gasteiger partial charge on any atom is 0.256 e. The molecule has 2 amide bonds. The van der Waals surface area contributed by atoms with Gasteiger partial charge in [-0.15, -0.1) is 0 Å². The van der Waals surface area contributed by atoms with Crippen LogP contribution in [-0.2, 0) is 15.6 Å². The van der Waals surface area contributed by atoms with Gasteiger partial charge in [0.2, 0.25) is 5.91 Å². The smallest absolute Gasteiger partial charge is 0.256 e. The SMILES string of the molecule is Cc1ccc(N2CCCC2=O)c(C(=O)N2CC[S@](=O)C[C@H](C)C2)c1. The second kappa shape index (κ2) is 7.05. The van der Waals surface area contributed by atoms with Gasteiger partial charge < -0.3 is 9.80 Å². The van der Waals surface area contributed by atoms with Crippen molar-refractivity contribution in [3.05, 3.63) is 29.3 Å². The molecule has 130 valence electrons. The Bertz CT molecular complexity index is 689. The maximum absolute atomic E-state index is 13.1. The highest BCUT2D eigenvalue weighted by Gasteiger charge is 2.29. The molecule has 0 spiro atoms. The Morgan fingerprint density at radius 2 is 2.08 bits per heavy atom. The van der Waals surface area contributed by atoms with Crippen LogP contribution in [0.25, 0.3) is 0 Å². The monoisotopic (exact) mass is 348 g/mol. The number of carbonyl (C=O) groups is 2. The molecule has 1 aromatic rings. The van der Waals surface area contributed by atoms with Crippen molar-refractivity contribution in [1.82, 2.24) is 4.90 Å². The molecule has 0 radical (unpaired) electrons. The van der Waals surface area contributed by atoms with Crippen LogP contribution in [0.2, 0.25) is 0 Å². The topological polar surface area (TPSA) is 57.7 Å². The van der Waals surface area contributed by atoms with E-state index >= 15 is 0 Å². The van der Waals surface area contributed by atoms with Gasteiger partial charge in [0.1, 0.15) is 0 Å². The minimum Gasteiger partial charge on any atom is -0.337 e. The van der Waals surface area contributed by atoms with Crippen molar-refractivity contribution in [3.8, 4) is 0 Å². The molecule has 3 rings (SSSR count). The fraction of sp³-hybridized carbons (Fsp3) is 0.556. The molecule has 2 heterocycles. The summed E-state index contributed by atoms with van der Waals surface area (Å²) in [7, 11) is -0.857. The van der Waals surface area contributed by atoms with Crippen molar-refractivity contribution >= 4 is 28.3 Å². The third-order valence-corrected chi connectivity index (χ3v) is 6.20. The lowest BCUT2D eigenvalue weighted by molar-refractivity contribution is -0.117. The lowest BCUT2D eigenvalue weighted by Crippen LogP contribution is -2.37. The summed E-state index contributed by atoms with van der Waals surface area (Å²) in [6.45, 7) is 5.78. The van der Waals surface area contributed by atoms with Crippen LogP contribution in [0, 0.1) is 12.8 Å². The second-order valence-electron chi connectivity index (χ2n) is 6.84. The first-order chi connectivity index (χ1) is 11.5. The third kappa shape index (κ3) is 3.53. The van der Waals surface area contributed by atoms with Crippen molar-refractivity contribution in [2.24, 2.45) is 5.92 Å². The summed E-state index contributed by atoms with van der Waals surface area (Å²) < 4.78 is 11.9. The lowest BCUT2D eigenvalue weighted by atomic mass is 10.1. The second-order valence-corrected chi connectivity index (χ2v) is 8.46. The first-order valence-corrected chi connectivity index (χ1v) is 10.00. The zero-order chi connectivity index (χ0) is 17.3. The van der Waals surface area contributed by atoms with Gasteiger partial charge in [0.25, 0.3) is 5.91 Å². The fourth-order valence-electron chi connectivity index (χ4n) is 3.45. The molecule has 6 heteroatoms. The fourth-order valence-corrected chi connectivity index (χ4v) is 4.78. The molecule has 2 atom stereocenters. The van der Waals surface area contributed by atoms with E-state index in [2.05, 4.69) is 0 Å². The van der Waals surface area contributed by atoms with Gasteiger partial charge in [-0.05, 0) is 31.4 Å². The van der Waals surface area contributed by atoms with Gasteiger partial charge in [-0.1, -0.05) is 18.6 Å². The number of benzene rings is 1. The van der Waals surface area contributed by atoms with Crippen LogP contribution in [0.5, 0.6) is 0 Å². The number of amides is 2. The van der Waals surface area contributed by atoms with E-state index < -0.39 is 10.8 Å². The normalized spacial score (nSPS) is 25.0.